The topological polar surface area (TPSA) is 84.4 Å². The van der Waals surface area contributed by atoms with Crippen molar-refractivity contribution in [2.24, 2.45) is 5.92 Å². The van der Waals surface area contributed by atoms with Gasteiger partial charge in [0.25, 0.3) is 0 Å². The molecule has 0 saturated carbocycles. The minimum atomic E-state index is -0.420. The van der Waals surface area contributed by atoms with Crippen LogP contribution in [0.1, 0.15) is 6.42 Å². The molecule has 1 aliphatic heterocycles. The summed E-state index contributed by atoms with van der Waals surface area (Å²) in [6, 6.07) is 12.8. The first-order valence-electron chi connectivity index (χ1n) is 8.76. The zero-order valence-corrected chi connectivity index (χ0v) is 16.0. The summed E-state index contributed by atoms with van der Waals surface area (Å²) in [4.78, 5) is 35.3. The van der Waals surface area contributed by atoms with E-state index in [4.69, 9.17) is 4.74 Å². The Balaban J connectivity index is 1.41. The number of amides is 2. The maximum absolute atomic E-state index is 12.6. The molecular weight excluding hydrogens is 376 g/mol. The maximum atomic E-state index is 12.6. The van der Waals surface area contributed by atoms with Crippen molar-refractivity contribution in [2.75, 3.05) is 23.9 Å². The average molecular weight is 394 g/mol. The van der Waals surface area contributed by atoms with Crippen molar-refractivity contribution in [2.45, 2.75) is 6.42 Å². The number of aromatic nitrogens is 2. The van der Waals surface area contributed by atoms with E-state index in [1.54, 1.807) is 30.3 Å². The van der Waals surface area contributed by atoms with Crippen LogP contribution in [-0.4, -0.2) is 35.4 Å². The molecule has 0 bridgehead atoms. The molecule has 3 aromatic rings. The van der Waals surface area contributed by atoms with Crippen molar-refractivity contribution in [3.63, 3.8) is 0 Å². The number of nitrogens with one attached hydrogen (secondary N) is 1. The van der Waals surface area contributed by atoms with E-state index in [1.165, 1.54) is 11.3 Å². The minimum absolute atomic E-state index is 0.0707. The van der Waals surface area contributed by atoms with E-state index in [0.717, 1.165) is 17.1 Å². The highest BCUT2D eigenvalue weighted by Crippen LogP contribution is 2.29. The van der Waals surface area contributed by atoms with Gasteiger partial charge in [0.2, 0.25) is 11.8 Å². The van der Waals surface area contributed by atoms with Crippen molar-refractivity contribution < 1.29 is 14.3 Å². The second kappa shape index (κ2) is 7.77. The van der Waals surface area contributed by atoms with Gasteiger partial charge in [-0.15, -0.1) is 11.3 Å². The van der Waals surface area contributed by atoms with E-state index in [1.807, 2.05) is 35.7 Å². The van der Waals surface area contributed by atoms with Crippen molar-refractivity contribution in [3.05, 3.63) is 54.0 Å². The maximum Gasteiger partial charge on any atom is 0.231 e. The Morgan fingerprint density at radius 1 is 1.21 bits per heavy atom. The number of ether oxygens (including phenoxy) is 1. The zero-order valence-electron chi connectivity index (χ0n) is 15.2. The molecule has 2 aromatic heterocycles. The monoisotopic (exact) mass is 394 g/mol. The van der Waals surface area contributed by atoms with Gasteiger partial charge < -0.3 is 15.0 Å². The number of hydrogen-bond donors (Lipinski definition) is 1. The van der Waals surface area contributed by atoms with Gasteiger partial charge in [0.1, 0.15) is 11.4 Å². The van der Waals surface area contributed by atoms with Crippen molar-refractivity contribution in [3.8, 4) is 17.1 Å². The molecule has 0 aliphatic carbocycles. The Labute approximate surface area is 166 Å². The Morgan fingerprint density at radius 2 is 2.04 bits per heavy atom. The first kappa shape index (κ1) is 18.1. The van der Waals surface area contributed by atoms with Crippen LogP contribution in [0.5, 0.6) is 5.75 Å². The fraction of sp³-hybridized carbons (Fsp3) is 0.200. The van der Waals surface area contributed by atoms with Crippen LogP contribution in [0.2, 0.25) is 0 Å². The summed E-state index contributed by atoms with van der Waals surface area (Å²) in [6.07, 6.45) is 1.88. The number of thiazole rings is 1. The van der Waals surface area contributed by atoms with E-state index in [9.17, 15) is 9.59 Å². The van der Waals surface area contributed by atoms with E-state index in [0.29, 0.717) is 17.4 Å². The van der Waals surface area contributed by atoms with Crippen LogP contribution >= 0.6 is 11.3 Å². The highest BCUT2D eigenvalue weighted by molar-refractivity contribution is 7.14. The number of methoxy groups -OCH3 is 1. The first-order chi connectivity index (χ1) is 13.6. The van der Waals surface area contributed by atoms with Crippen molar-refractivity contribution >= 4 is 34.0 Å². The van der Waals surface area contributed by atoms with E-state index in [2.05, 4.69) is 15.3 Å². The van der Waals surface area contributed by atoms with E-state index >= 15 is 0 Å². The molecular formula is C20H18N4O3S. The first-order valence-corrected chi connectivity index (χ1v) is 9.64. The van der Waals surface area contributed by atoms with Gasteiger partial charge in [-0.05, 0) is 36.4 Å². The number of rotatable bonds is 5. The Kier molecular flexibility index (Phi) is 5.03. The lowest BCUT2D eigenvalue weighted by Gasteiger charge is -2.16. The van der Waals surface area contributed by atoms with Crippen LogP contribution in [-0.2, 0) is 9.59 Å². The van der Waals surface area contributed by atoms with Gasteiger partial charge in [0.15, 0.2) is 5.13 Å². The van der Waals surface area contributed by atoms with Crippen LogP contribution in [0.4, 0.5) is 10.8 Å². The number of carbonyl (C=O) groups is 2. The molecule has 1 saturated heterocycles. The molecule has 4 rings (SSSR count). The third-order valence-corrected chi connectivity index (χ3v) is 5.30. The Bertz CT molecular complexity index is 988. The number of pyridine rings is 1. The summed E-state index contributed by atoms with van der Waals surface area (Å²) in [7, 11) is 1.59. The molecule has 8 heteroatoms. The highest BCUT2D eigenvalue weighted by atomic mass is 32.1. The molecule has 1 fully saturated rings. The summed E-state index contributed by atoms with van der Waals surface area (Å²) in [6.45, 7) is 0.343. The lowest BCUT2D eigenvalue weighted by atomic mass is 10.1. The third kappa shape index (κ3) is 3.72. The average Bonchev–Trinajstić information content (AvgIpc) is 3.35. The van der Waals surface area contributed by atoms with Gasteiger partial charge in [-0.2, -0.15) is 0 Å². The molecule has 142 valence electrons. The fourth-order valence-electron chi connectivity index (χ4n) is 3.07. The number of benzene rings is 1. The zero-order chi connectivity index (χ0) is 19.5. The minimum Gasteiger partial charge on any atom is -0.497 e. The van der Waals surface area contributed by atoms with Crippen LogP contribution < -0.4 is 15.0 Å². The van der Waals surface area contributed by atoms with Crippen molar-refractivity contribution in [1.82, 2.24) is 9.97 Å². The summed E-state index contributed by atoms with van der Waals surface area (Å²) in [5, 5.41) is 5.18. The van der Waals surface area contributed by atoms with Gasteiger partial charge >= 0.3 is 0 Å². The van der Waals surface area contributed by atoms with Crippen molar-refractivity contribution in [1.29, 1.82) is 0 Å². The van der Waals surface area contributed by atoms with Gasteiger partial charge in [-0.3, -0.25) is 14.6 Å². The third-order valence-electron chi connectivity index (χ3n) is 4.54. The SMILES string of the molecule is COc1ccc(N2C[C@H](C(=O)Nc3nc(-c4ccccn4)cs3)CC2=O)cc1. The smallest absolute Gasteiger partial charge is 0.231 e. The lowest BCUT2D eigenvalue weighted by molar-refractivity contribution is -0.122. The predicted octanol–water partition coefficient (Wildman–Crippen LogP) is 3.21. The number of nitrogens with zero attached hydrogens (tertiary/aromatic N) is 3. The summed E-state index contributed by atoms with van der Waals surface area (Å²) >= 11 is 1.34. The van der Waals surface area contributed by atoms with E-state index < -0.39 is 5.92 Å². The second-order valence-electron chi connectivity index (χ2n) is 6.35. The highest BCUT2D eigenvalue weighted by Gasteiger charge is 2.35. The fourth-order valence-corrected chi connectivity index (χ4v) is 3.77. The molecule has 2 amide bonds. The van der Waals surface area contributed by atoms with Gasteiger partial charge in [-0.1, -0.05) is 6.07 Å². The molecule has 0 spiro atoms. The van der Waals surface area contributed by atoms with Crippen LogP contribution in [0.15, 0.2) is 54.0 Å². The lowest BCUT2D eigenvalue weighted by Crippen LogP contribution is -2.28. The number of hydrogen-bond acceptors (Lipinski definition) is 6. The predicted molar refractivity (Wildman–Crippen MR) is 107 cm³/mol. The van der Waals surface area contributed by atoms with Gasteiger partial charge in [0, 0.05) is 30.2 Å². The molecule has 0 unspecified atom stereocenters. The Hall–Kier alpha value is -3.26. The molecule has 28 heavy (non-hydrogen) atoms. The molecule has 3 heterocycles. The molecule has 1 aromatic carbocycles. The number of carbonyl (C=O) groups excluding carboxylic acids is 2. The second-order valence-corrected chi connectivity index (χ2v) is 7.20. The molecule has 1 aliphatic rings. The Morgan fingerprint density at radius 3 is 2.75 bits per heavy atom. The van der Waals surface area contributed by atoms with Crippen LogP contribution in [0.25, 0.3) is 11.4 Å². The normalized spacial score (nSPS) is 16.2. The molecule has 1 atom stereocenters. The van der Waals surface area contributed by atoms with Crippen LogP contribution in [0.3, 0.4) is 0 Å². The number of anilines is 2. The standard InChI is InChI=1S/C20H18N4O3S/c1-27-15-7-5-14(6-8-15)24-11-13(10-18(24)25)19(26)23-20-22-17(12-28-20)16-4-2-3-9-21-16/h2-9,12-13H,10-11H2,1H3,(H,22,23,26)/t13-/m1/s1. The largest absolute Gasteiger partial charge is 0.497 e. The molecule has 1 N–H and O–H groups in total. The summed E-state index contributed by atoms with van der Waals surface area (Å²) < 4.78 is 5.14. The quantitative estimate of drug-likeness (QED) is 0.718. The van der Waals surface area contributed by atoms with Gasteiger partial charge in [0.05, 0.1) is 18.7 Å². The van der Waals surface area contributed by atoms with E-state index in [-0.39, 0.29) is 18.2 Å². The summed E-state index contributed by atoms with van der Waals surface area (Å²) in [5.74, 6) is 0.0267. The molecule has 0 radical (unpaired) electrons. The van der Waals surface area contributed by atoms with Crippen LogP contribution in [0, 0.1) is 5.92 Å². The summed E-state index contributed by atoms with van der Waals surface area (Å²) in [5.41, 5.74) is 2.22. The van der Waals surface area contributed by atoms with Gasteiger partial charge in [-0.25, -0.2) is 4.98 Å². The molecule has 7 nitrogen and oxygen atoms in total.